The number of piperidine rings is 1. The van der Waals surface area contributed by atoms with Crippen LogP contribution in [-0.2, 0) is 21.4 Å². The van der Waals surface area contributed by atoms with Crippen LogP contribution in [0, 0.1) is 5.92 Å². The van der Waals surface area contributed by atoms with Crippen LogP contribution in [0.4, 0.5) is 5.69 Å². The van der Waals surface area contributed by atoms with Crippen molar-refractivity contribution in [3.8, 4) is 11.5 Å². The highest BCUT2D eigenvalue weighted by Gasteiger charge is 2.23. The lowest BCUT2D eigenvalue weighted by Gasteiger charge is -2.34. The molecule has 2 aliphatic rings. The molecule has 8 nitrogen and oxygen atoms in total. The highest BCUT2D eigenvalue weighted by Crippen LogP contribution is 2.25. The minimum atomic E-state index is -3.30. The number of halogens is 1. The molecule has 216 valence electrons. The van der Waals surface area contributed by atoms with E-state index in [9.17, 15) is 13.2 Å². The first kappa shape index (κ1) is 31.2. The van der Waals surface area contributed by atoms with Crippen molar-refractivity contribution in [2.45, 2.75) is 70.5 Å². The Morgan fingerprint density at radius 2 is 1.54 bits per heavy atom. The summed E-state index contributed by atoms with van der Waals surface area (Å²) in [5.41, 5.74) is 1.73. The third-order valence-corrected chi connectivity index (χ3v) is 8.09. The Bertz CT molecular complexity index is 1130. The molecule has 10 heteroatoms. The zero-order chi connectivity index (χ0) is 27.0. The molecule has 1 atom stereocenters. The van der Waals surface area contributed by atoms with Crippen LogP contribution in [0.1, 0.15) is 57.4 Å². The van der Waals surface area contributed by atoms with Gasteiger partial charge in [-0.25, -0.2) is 8.42 Å². The number of sulfonamides is 1. The highest BCUT2D eigenvalue weighted by atomic mass is 35.5. The summed E-state index contributed by atoms with van der Waals surface area (Å²) in [5.74, 6) is 2.16. The quantitative estimate of drug-likeness (QED) is 0.350. The first-order valence-corrected chi connectivity index (χ1v) is 15.7. The zero-order valence-electron chi connectivity index (χ0n) is 23.0. The van der Waals surface area contributed by atoms with Crippen molar-refractivity contribution in [3.05, 3.63) is 54.1 Å². The number of hydrogen-bond donors (Lipinski definition) is 3. The number of rotatable bonds is 11. The smallest absolute Gasteiger partial charge is 0.236 e. The summed E-state index contributed by atoms with van der Waals surface area (Å²) < 4.78 is 31.0. The molecule has 3 N–H and O–H groups in total. The van der Waals surface area contributed by atoms with Crippen molar-refractivity contribution in [2.24, 2.45) is 5.92 Å². The fraction of sp³-hybridized carbons (Fsp3) is 0.552. The topological polar surface area (TPSA) is 99.8 Å². The van der Waals surface area contributed by atoms with E-state index in [2.05, 4.69) is 32.4 Å². The number of carbonyl (C=O) groups is 1. The number of likely N-dealkylation sites (tertiary alicyclic amines) is 1. The number of amides is 1. The SMILES string of the molecule is CC(NC1CCN(Cc2ccc(Oc3ccc(NS(C)(=O)=O)cc3)cc2)CC1)C(=O)NCC1CCCCC1.Cl. The predicted molar refractivity (Wildman–Crippen MR) is 159 cm³/mol. The fourth-order valence-electron chi connectivity index (χ4n) is 5.34. The average molecular weight is 579 g/mol. The monoisotopic (exact) mass is 578 g/mol. The van der Waals surface area contributed by atoms with Gasteiger partial charge in [0, 0.05) is 24.8 Å². The number of nitrogens with one attached hydrogen (secondary N) is 3. The molecule has 2 fully saturated rings. The van der Waals surface area contributed by atoms with Crippen LogP contribution in [0.15, 0.2) is 48.5 Å². The Balaban J connectivity index is 0.00000420. The Labute approximate surface area is 239 Å². The van der Waals surface area contributed by atoms with Gasteiger partial charge >= 0.3 is 0 Å². The van der Waals surface area contributed by atoms with Crippen molar-refractivity contribution in [1.29, 1.82) is 0 Å². The van der Waals surface area contributed by atoms with Gasteiger partial charge in [-0.2, -0.15) is 0 Å². The Hall–Kier alpha value is -2.33. The summed E-state index contributed by atoms with van der Waals surface area (Å²) in [4.78, 5) is 15.0. The fourth-order valence-corrected chi connectivity index (χ4v) is 5.90. The molecule has 1 amide bonds. The van der Waals surface area contributed by atoms with Gasteiger partial charge in [-0.05, 0) is 93.6 Å². The van der Waals surface area contributed by atoms with E-state index in [-0.39, 0.29) is 24.4 Å². The van der Waals surface area contributed by atoms with E-state index in [0.29, 0.717) is 23.4 Å². The second kappa shape index (κ2) is 14.9. The lowest BCUT2D eigenvalue weighted by atomic mass is 9.89. The first-order valence-electron chi connectivity index (χ1n) is 13.8. The summed E-state index contributed by atoms with van der Waals surface area (Å²) in [6, 6.07) is 15.1. The summed E-state index contributed by atoms with van der Waals surface area (Å²) in [6.07, 6.45) is 9.62. The van der Waals surface area contributed by atoms with Gasteiger partial charge in [0.2, 0.25) is 15.9 Å². The predicted octanol–water partition coefficient (Wildman–Crippen LogP) is 4.91. The summed E-state index contributed by atoms with van der Waals surface area (Å²) in [6.45, 7) is 5.69. The molecule has 2 aromatic rings. The van der Waals surface area contributed by atoms with Crippen LogP contribution < -0.4 is 20.1 Å². The molecule has 4 rings (SSSR count). The van der Waals surface area contributed by atoms with Crippen molar-refractivity contribution >= 4 is 34.0 Å². The lowest BCUT2D eigenvalue weighted by molar-refractivity contribution is -0.123. The van der Waals surface area contributed by atoms with Gasteiger partial charge in [0.1, 0.15) is 11.5 Å². The van der Waals surface area contributed by atoms with Gasteiger partial charge < -0.3 is 15.4 Å². The minimum Gasteiger partial charge on any atom is -0.457 e. The van der Waals surface area contributed by atoms with Crippen molar-refractivity contribution in [3.63, 3.8) is 0 Å². The van der Waals surface area contributed by atoms with Gasteiger partial charge in [0.15, 0.2) is 0 Å². The summed E-state index contributed by atoms with van der Waals surface area (Å²) >= 11 is 0. The van der Waals surface area contributed by atoms with Gasteiger partial charge in [-0.15, -0.1) is 12.4 Å². The zero-order valence-corrected chi connectivity index (χ0v) is 24.7. The molecular weight excluding hydrogens is 536 g/mol. The Kier molecular flexibility index (Phi) is 11.9. The van der Waals surface area contributed by atoms with E-state index in [4.69, 9.17) is 4.74 Å². The van der Waals surface area contributed by atoms with Gasteiger partial charge in [0.05, 0.1) is 12.3 Å². The first-order chi connectivity index (χ1) is 18.2. The van der Waals surface area contributed by atoms with E-state index in [0.717, 1.165) is 51.0 Å². The van der Waals surface area contributed by atoms with E-state index in [1.54, 1.807) is 24.3 Å². The molecule has 0 aromatic heterocycles. The number of benzene rings is 2. The number of anilines is 1. The third-order valence-electron chi connectivity index (χ3n) is 7.48. The second-order valence-corrected chi connectivity index (χ2v) is 12.6. The molecule has 0 bridgehead atoms. The minimum absolute atomic E-state index is 0. The van der Waals surface area contributed by atoms with Crippen molar-refractivity contribution in [1.82, 2.24) is 15.5 Å². The lowest BCUT2D eigenvalue weighted by Crippen LogP contribution is -2.50. The summed E-state index contributed by atoms with van der Waals surface area (Å²) in [5, 5.41) is 6.71. The van der Waals surface area contributed by atoms with Gasteiger partial charge in [-0.3, -0.25) is 14.4 Å². The van der Waals surface area contributed by atoms with Crippen LogP contribution in [0.25, 0.3) is 0 Å². The molecule has 1 aliphatic heterocycles. The molecule has 0 radical (unpaired) electrons. The maximum atomic E-state index is 12.6. The average Bonchev–Trinajstić information content (AvgIpc) is 2.90. The molecular formula is C29H43ClN4O4S. The number of hydrogen-bond acceptors (Lipinski definition) is 6. The molecule has 0 spiro atoms. The van der Waals surface area contributed by atoms with E-state index < -0.39 is 10.0 Å². The van der Waals surface area contributed by atoms with Crippen LogP contribution in [0.2, 0.25) is 0 Å². The second-order valence-electron chi connectivity index (χ2n) is 10.8. The molecule has 2 aromatic carbocycles. The van der Waals surface area contributed by atoms with E-state index in [1.807, 2.05) is 19.1 Å². The summed E-state index contributed by atoms with van der Waals surface area (Å²) in [7, 11) is -3.30. The normalized spacial score (nSPS) is 18.1. The number of ether oxygens (including phenoxy) is 1. The largest absolute Gasteiger partial charge is 0.457 e. The molecule has 1 unspecified atom stereocenters. The van der Waals surface area contributed by atoms with Crippen LogP contribution >= 0.6 is 12.4 Å². The van der Waals surface area contributed by atoms with Crippen molar-refractivity contribution < 1.29 is 17.9 Å². The van der Waals surface area contributed by atoms with Gasteiger partial charge in [0.25, 0.3) is 0 Å². The molecule has 1 saturated carbocycles. The number of carbonyl (C=O) groups excluding carboxylic acids is 1. The standard InChI is InChI=1S/C29H42N4O4S.ClH/c1-22(29(34)30-20-23-6-4-3-5-7-23)31-25-16-18-33(19-17-25)21-24-8-12-27(13-9-24)37-28-14-10-26(11-15-28)32-38(2,35)36;/h8-15,22-23,25,31-32H,3-7,16-21H2,1-2H3,(H,30,34);1H. The molecule has 1 heterocycles. The van der Waals surface area contributed by atoms with Crippen LogP contribution in [0.3, 0.4) is 0 Å². The molecule has 1 saturated heterocycles. The molecule has 39 heavy (non-hydrogen) atoms. The Morgan fingerprint density at radius 1 is 0.949 bits per heavy atom. The van der Waals surface area contributed by atoms with Crippen LogP contribution in [0.5, 0.6) is 11.5 Å². The van der Waals surface area contributed by atoms with E-state index >= 15 is 0 Å². The highest BCUT2D eigenvalue weighted by molar-refractivity contribution is 7.92. The van der Waals surface area contributed by atoms with Crippen molar-refractivity contribution in [2.75, 3.05) is 30.6 Å². The maximum absolute atomic E-state index is 12.6. The van der Waals surface area contributed by atoms with E-state index in [1.165, 1.54) is 37.7 Å². The third kappa shape index (κ3) is 10.6. The maximum Gasteiger partial charge on any atom is 0.236 e. The number of nitrogens with zero attached hydrogens (tertiary/aromatic N) is 1. The van der Waals surface area contributed by atoms with Crippen LogP contribution in [-0.4, -0.2) is 57.2 Å². The Morgan fingerprint density at radius 3 is 2.13 bits per heavy atom. The molecule has 1 aliphatic carbocycles. The van der Waals surface area contributed by atoms with Gasteiger partial charge in [-0.1, -0.05) is 31.4 Å².